The summed E-state index contributed by atoms with van der Waals surface area (Å²) >= 11 is 0. The molecule has 0 saturated heterocycles. The summed E-state index contributed by atoms with van der Waals surface area (Å²) < 4.78 is 14.8. The second-order valence-electron chi connectivity index (χ2n) is 6.32. The van der Waals surface area contributed by atoms with Crippen molar-refractivity contribution in [3.63, 3.8) is 0 Å². The number of carbonyl (C=O) groups excluding carboxylic acids is 1. The summed E-state index contributed by atoms with van der Waals surface area (Å²) in [6.07, 6.45) is 1.81. The Balaban J connectivity index is 1.58. The number of amides is 1. The summed E-state index contributed by atoms with van der Waals surface area (Å²) in [7, 11) is 0. The maximum absolute atomic E-state index is 13.2. The highest BCUT2D eigenvalue weighted by Crippen LogP contribution is 2.23. The lowest BCUT2D eigenvalue weighted by Gasteiger charge is -2.10. The number of hydrogen-bond acceptors (Lipinski definition) is 5. The molecule has 2 heterocycles. The zero-order chi connectivity index (χ0) is 19.5. The third kappa shape index (κ3) is 3.80. The second kappa shape index (κ2) is 7.43. The molecule has 4 rings (SSSR count). The lowest BCUT2D eigenvalue weighted by Crippen LogP contribution is -2.06. The summed E-state index contributed by atoms with van der Waals surface area (Å²) in [6, 6.07) is 15.7. The number of aromatic nitrogens is 4. The first-order valence-corrected chi connectivity index (χ1v) is 8.66. The number of halogens is 1. The van der Waals surface area contributed by atoms with Gasteiger partial charge in [0.2, 0.25) is 5.91 Å². The fraction of sp³-hybridized carbons (Fsp3) is 0.100. The quantitative estimate of drug-likeness (QED) is 0.557. The van der Waals surface area contributed by atoms with E-state index in [0.717, 1.165) is 28.1 Å². The van der Waals surface area contributed by atoms with Crippen LogP contribution < -0.4 is 10.6 Å². The molecule has 0 aliphatic carbocycles. The highest BCUT2D eigenvalue weighted by Gasteiger charge is 2.09. The molecule has 4 aromatic rings. The van der Waals surface area contributed by atoms with Crippen LogP contribution in [0.3, 0.4) is 0 Å². The third-order valence-electron chi connectivity index (χ3n) is 4.24. The number of hydrogen-bond donors (Lipinski definition) is 2. The topological polar surface area (TPSA) is 84.2 Å². The molecule has 0 unspecified atom stereocenters. The first-order valence-electron chi connectivity index (χ1n) is 8.66. The van der Waals surface area contributed by atoms with Gasteiger partial charge >= 0.3 is 0 Å². The van der Waals surface area contributed by atoms with Crippen LogP contribution in [0.5, 0.6) is 0 Å². The van der Waals surface area contributed by atoms with Crippen LogP contribution >= 0.6 is 0 Å². The minimum Gasteiger partial charge on any atom is -0.381 e. The van der Waals surface area contributed by atoms with Crippen molar-refractivity contribution in [1.29, 1.82) is 0 Å². The molecule has 0 bridgehead atoms. The molecule has 140 valence electrons. The van der Waals surface area contributed by atoms with Crippen LogP contribution in [-0.2, 0) is 11.3 Å². The fourth-order valence-electron chi connectivity index (χ4n) is 2.92. The van der Waals surface area contributed by atoms with Crippen molar-refractivity contribution >= 4 is 22.9 Å². The van der Waals surface area contributed by atoms with Gasteiger partial charge in [0.15, 0.2) is 5.65 Å². The van der Waals surface area contributed by atoms with Gasteiger partial charge in [0.05, 0.1) is 0 Å². The molecule has 0 atom stereocenters. The standard InChI is InChI=1S/C20H17FN6O/c1-13(28)23-19-8-6-18(7-9-19)22-11-15-10-16(12-27-20(15)24-25-26-27)14-2-4-17(21)5-3-14/h2-10,12,22H,11H2,1H3,(H,23,28). The number of nitrogens with zero attached hydrogens (tertiary/aromatic N) is 4. The number of nitrogens with one attached hydrogen (secondary N) is 2. The van der Waals surface area contributed by atoms with Crippen molar-refractivity contribution in [1.82, 2.24) is 20.0 Å². The Hall–Kier alpha value is -3.81. The zero-order valence-electron chi connectivity index (χ0n) is 15.1. The second-order valence-corrected chi connectivity index (χ2v) is 6.32. The van der Waals surface area contributed by atoms with E-state index in [1.807, 2.05) is 36.5 Å². The largest absolute Gasteiger partial charge is 0.381 e. The molecular formula is C20H17FN6O. The fourth-order valence-corrected chi connectivity index (χ4v) is 2.92. The Morgan fingerprint density at radius 1 is 1.04 bits per heavy atom. The van der Waals surface area contributed by atoms with Gasteiger partial charge in [-0.3, -0.25) is 4.79 Å². The van der Waals surface area contributed by atoms with E-state index in [0.29, 0.717) is 12.2 Å². The number of tetrazole rings is 1. The number of benzene rings is 2. The molecule has 0 spiro atoms. The van der Waals surface area contributed by atoms with Crippen molar-refractivity contribution in [2.24, 2.45) is 0 Å². The third-order valence-corrected chi connectivity index (χ3v) is 4.24. The average molecular weight is 376 g/mol. The Labute approximate surface area is 160 Å². The molecule has 8 heteroatoms. The van der Waals surface area contributed by atoms with Gasteiger partial charge in [-0.05, 0) is 58.5 Å². The first-order chi connectivity index (χ1) is 13.6. The highest BCUT2D eigenvalue weighted by atomic mass is 19.1. The molecule has 0 aliphatic rings. The van der Waals surface area contributed by atoms with Crippen molar-refractivity contribution in [2.45, 2.75) is 13.5 Å². The normalized spacial score (nSPS) is 10.8. The molecule has 2 N–H and O–H groups in total. The van der Waals surface area contributed by atoms with Gasteiger partial charge in [-0.25, -0.2) is 4.39 Å². The van der Waals surface area contributed by atoms with Crippen LogP contribution in [0.4, 0.5) is 15.8 Å². The van der Waals surface area contributed by atoms with E-state index in [4.69, 9.17) is 0 Å². The van der Waals surface area contributed by atoms with Crippen molar-refractivity contribution in [3.8, 4) is 11.1 Å². The zero-order valence-corrected chi connectivity index (χ0v) is 15.1. The predicted molar refractivity (Wildman–Crippen MR) is 104 cm³/mol. The Bertz CT molecular complexity index is 1120. The van der Waals surface area contributed by atoms with Gasteiger partial charge in [-0.1, -0.05) is 12.1 Å². The Morgan fingerprint density at radius 2 is 1.75 bits per heavy atom. The van der Waals surface area contributed by atoms with Crippen LogP contribution in [0.15, 0.2) is 60.8 Å². The van der Waals surface area contributed by atoms with Gasteiger partial charge in [0, 0.05) is 42.2 Å². The number of anilines is 2. The van der Waals surface area contributed by atoms with E-state index in [2.05, 4.69) is 26.2 Å². The molecule has 0 saturated carbocycles. The molecule has 1 amide bonds. The monoisotopic (exact) mass is 376 g/mol. The van der Waals surface area contributed by atoms with E-state index in [1.54, 1.807) is 16.6 Å². The number of carbonyl (C=O) groups is 1. The summed E-state index contributed by atoms with van der Waals surface area (Å²) in [5, 5.41) is 17.9. The summed E-state index contributed by atoms with van der Waals surface area (Å²) in [6.45, 7) is 1.97. The van der Waals surface area contributed by atoms with Gasteiger partial charge in [-0.2, -0.15) is 4.52 Å². The molecule has 2 aromatic carbocycles. The van der Waals surface area contributed by atoms with Crippen LogP contribution in [0.2, 0.25) is 0 Å². The predicted octanol–water partition coefficient (Wildman–Crippen LogP) is 3.50. The van der Waals surface area contributed by atoms with E-state index >= 15 is 0 Å². The van der Waals surface area contributed by atoms with Crippen LogP contribution in [-0.4, -0.2) is 25.9 Å². The first kappa shape index (κ1) is 17.6. The molecule has 28 heavy (non-hydrogen) atoms. The van der Waals surface area contributed by atoms with Crippen LogP contribution in [0, 0.1) is 5.82 Å². The Morgan fingerprint density at radius 3 is 2.46 bits per heavy atom. The van der Waals surface area contributed by atoms with Crippen molar-refractivity contribution in [3.05, 3.63) is 72.2 Å². The van der Waals surface area contributed by atoms with Gasteiger partial charge in [0.1, 0.15) is 5.82 Å². The maximum Gasteiger partial charge on any atom is 0.221 e. The molecule has 0 aliphatic heterocycles. The summed E-state index contributed by atoms with van der Waals surface area (Å²) in [5.41, 5.74) is 4.94. The van der Waals surface area contributed by atoms with E-state index in [1.165, 1.54) is 19.1 Å². The van der Waals surface area contributed by atoms with Gasteiger partial charge < -0.3 is 10.6 Å². The van der Waals surface area contributed by atoms with E-state index in [9.17, 15) is 9.18 Å². The molecule has 2 aromatic heterocycles. The lowest BCUT2D eigenvalue weighted by molar-refractivity contribution is -0.114. The molecule has 0 radical (unpaired) electrons. The molecule has 7 nitrogen and oxygen atoms in total. The molecular weight excluding hydrogens is 359 g/mol. The Kier molecular flexibility index (Phi) is 4.67. The number of pyridine rings is 1. The summed E-state index contributed by atoms with van der Waals surface area (Å²) in [5.74, 6) is -0.392. The average Bonchev–Trinajstić information content (AvgIpc) is 3.16. The minimum absolute atomic E-state index is 0.111. The smallest absolute Gasteiger partial charge is 0.221 e. The van der Waals surface area contributed by atoms with Gasteiger partial charge in [0.25, 0.3) is 0 Å². The number of rotatable bonds is 5. The molecule has 0 fully saturated rings. The minimum atomic E-state index is -0.281. The van der Waals surface area contributed by atoms with Crippen molar-refractivity contribution < 1.29 is 9.18 Å². The summed E-state index contributed by atoms with van der Waals surface area (Å²) in [4.78, 5) is 11.1. The van der Waals surface area contributed by atoms with Crippen molar-refractivity contribution in [2.75, 3.05) is 10.6 Å². The number of fused-ring (bicyclic) bond motifs is 1. The van der Waals surface area contributed by atoms with Crippen LogP contribution in [0.1, 0.15) is 12.5 Å². The SMILES string of the molecule is CC(=O)Nc1ccc(NCc2cc(-c3ccc(F)cc3)cn3nnnc23)cc1. The van der Waals surface area contributed by atoms with E-state index < -0.39 is 0 Å². The lowest BCUT2D eigenvalue weighted by atomic mass is 10.1. The van der Waals surface area contributed by atoms with E-state index in [-0.39, 0.29) is 11.7 Å². The maximum atomic E-state index is 13.2. The van der Waals surface area contributed by atoms with Crippen LogP contribution in [0.25, 0.3) is 16.8 Å². The highest BCUT2D eigenvalue weighted by molar-refractivity contribution is 5.88. The van der Waals surface area contributed by atoms with Gasteiger partial charge in [-0.15, -0.1) is 5.10 Å².